The van der Waals surface area contributed by atoms with E-state index in [1.54, 1.807) is 32.0 Å². The van der Waals surface area contributed by atoms with Gasteiger partial charge in [-0.2, -0.15) is 0 Å². The summed E-state index contributed by atoms with van der Waals surface area (Å²) in [6.45, 7) is 2.44. The summed E-state index contributed by atoms with van der Waals surface area (Å²) in [5, 5.41) is 5.69. The lowest BCUT2D eigenvalue weighted by Gasteiger charge is -2.06. The summed E-state index contributed by atoms with van der Waals surface area (Å²) in [5.41, 5.74) is 1.24. The van der Waals surface area contributed by atoms with Gasteiger partial charge >= 0.3 is 12.1 Å². The number of amides is 2. The molecule has 0 bridgehead atoms. The Morgan fingerprint density at radius 3 is 2.69 bits per heavy atom. The van der Waals surface area contributed by atoms with E-state index in [0.29, 0.717) is 17.2 Å². The number of fused-ring (bicyclic) bond motifs is 1. The molecule has 0 atom stereocenters. The van der Waals surface area contributed by atoms with Crippen LogP contribution in [0.5, 0.6) is 11.5 Å². The lowest BCUT2D eigenvalue weighted by atomic mass is 10.1. The van der Waals surface area contributed by atoms with Crippen LogP contribution in [0.1, 0.15) is 19.4 Å². The van der Waals surface area contributed by atoms with E-state index in [2.05, 4.69) is 14.6 Å². The molecule has 0 radical (unpaired) electrons. The van der Waals surface area contributed by atoms with Gasteiger partial charge < -0.3 is 23.8 Å². The first kappa shape index (κ1) is 19.0. The number of nitrogens with one attached hydrogen (secondary N) is 1. The largest absolute Gasteiger partial charge is 0.454 e. The van der Waals surface area contributed by atoms with Crippen molar-refractivity contribution in [1.82, 2.24) is 5.32 Å². The van der Waals surface area contributed by atoms with E-state index in [-0.39, 0.29) is 13.4 Å². The van der Waals surface area contributed by atoms with Crippen molar-refractivity contribution in [2.24, 2.45) is 5.16 Å². The molecule has 0 spiro atoms. The van der Waals surface area contributed by atoms with E-state index < -0.39 is 31.2 Å². The lowest BCUT2D eigenvalue weighted by Crippen LogP contribution is -2.34. The van der Waals surface area contributed by atoms with E-state index >= 15 is 0 Å². The smallest absolute Gasteiger partial charge is 0.413 e. The van der Waals surface area contributed by atoms with E-state index in [9.17, 15) is 14.4 Å². The van der Waals surface area contributed by atoms with Crippen molar-refractivity contribution in [2.75, 3.05) is 26.6 Å². The summed E-state index contributed by atoms with van der Waals surface area (Å²) in [4.78, 5) is 38.7. The molecule has 1 heterocycles. The summed E-state index contributed by atoms with van der Waals surface area (Å²) in [7, 11) is 0. The van der Waals surface area contributed by atoms with Crippen molar-refractivity contribution in [2.45, 2.75) is 13.8 Å². The molecule has 1 N–H and O–H groups in total. The third kappa shape index (κ3) is 5.65. The number of benzene rings is 1. The third-order valence-corrected chi connectivity index (χ3v) is 3.06. The minimum absolute atomic E-state index is 0.119. The summed E-state index contributed by atoms with van der Waals surface area (Å²) in [6.07, 6.45) is -0.909. The Hall–Kier alpha value is -3.30. The van der Waals surface area contributed by atoms with Gasteiger partial charge in [-0.15, -0.1) is 0 Å². The highest BCUT2D eigenvalue weighted by Gasteiger charge is 2.15. The summed E-state index contributed by atoms with van der Waals surface area (Å²) in [6, 6.07) is 5.25. The first-order chi connectivity index (χ1) is 12.5. The molecule has 0 saturated carbocycles. The van der Waals surface area contributed by atoms with Crippen LogP contribution in [0.3, 0.4) is 0 Å². The number of alkyl carbamates (subject to hydrolysis) is 1. The predicted octanol–water partition coefficient (Wildman–Crippen LogP) is 0.972. The van der Waals surface area contributed by atoms with Gasteiger partial charge in [0.05, 0.1) is 12.3 Å². The highest BCUT2D eigenvalue weighted by atomic mass is 16.7. The van der Waals surface area contributed by atoms with Crippen molar-refractivity contribution in [3.63, 3.8) is 0 Å². The number of rotatable bonds is 7. The SMILES string of the molecule is CCOC(=O)NC(=O)COC(=O)CO/N=C(/C)c1ccc2c(c1)OCO2. The normalized spacial score (nSPS) is 12.3. The van der Waals surface area contributed by atoms with Crippen molar-refractivity contribution >= 4 is 23.7 Å². The van der Waals surface area contributed by atoms with Crippen LogP contribution in [0.4, 0.5) is 4.79 Å². The van der Waals surface area contributed by atoms with Gasteiger partial charge in [-0.25, -0.2) is 9.59 Å². The highest BCUT2D eigenvalue weighted by molar-refractivity contribution is 5.99. The van der Waals surface area contributed by atoms with E-state index in [1.807, 2.05) is 5.32 Å². The van der Waals surface area contributed by atoms with Crippen LogP contribution < -0.4 is 14.8 Å². The molecule has 1 aliphatic heterocycles. The van der Waals surface area contributed by atoms with Crippen LogP contribution in [0, 0.1) is 0 Å². The molecular weight excluding hydrogens is 348 g/mol. The van der Waals surface area contributed by atoms with E-state index in [0.717, 1.165) is 5.56 Å². The molecule has 0 fully saturated rings. The molecule has 0 aliphatic carbocycles. The molecule has 1 aliphatic rings. The van der Waals surface area contributed by atoms with Gasteiger partial charge in [0, 0.05) is 5.56 Å². The molecule has 1 aromatic rings. The zero-order valence-corrected chi connectivity index (χ0v) is 14.3. The number of esters is 1. The lowest BCUT2D eigenvalue weighted by molar-refractivity contribution is -0.152. The molecule has 0 saturated heterocycles. The Morgan fingerprint density at radius 1 is 1.15 bits per heavy atom. The Labute approximate surface area is 149 Å². The van der Waals surface area contributed by atoms with Gasteiger partial charge in [0.2, 0.25) is 13.4 Å². The number of ether oxygens (including phenoxy) is 4. The fourth-order valence-electron chi connectivity index (χ4n) is 1.86. The van der Waals surface area contributed by atoms with Crippen LogP contribution in [-0.2, 0) is 23.9 Å². The van der Waals surface area contributed by atoms with Gasteiger partial charge in [0.15, 0.2) is 18.1 Å². The zero-order valence-electron chi connectivity index (χ0n) is 14.3. The Kier molecular flexibility index (Phi) is 6.77. The molecule has 26 heavy (non-hydrogen) atoms. The number of nitrogens with zero attached hydrogens (tertiary/aromatic N) is 1. The van der Waals surface area contributed by atoms with Gasteiger partial charge in [-0.05, 0) is 32.0 Å². The fraction of sp³-hybridized carbons (Fsp3) is 0.375. The average Bonchev–Trinajstić information content (AvgIpc) is 3.07. The van der Waals surface area contributed by atoms with E-state index in [4.69, 9.17) is 14.3 Å². The van der Waals surface area contributed by atoms with Crippen LogP contribution in [-0.4, -0.2) is 50.3 Å². The molecule has 10 nitrogen and oxygen atoms in total. The predicted molar refractivity (Wildman–Crippen MR) is 86.9 cm³/mol. The van der Waals surface area contributed by atoms with Crippen molar-refractivity contribution in [3.8, 4) is 11.5 Å². The average molecular weight is 366 g/mol. The second kappa shape index (κ2) is 9.25. The summed E-state index contributed by atoms with van der Waals surface area (Å²) >= 11 is 0. The second-order valence-electron chi connectivity index (χ2n) is 4.95. The quantitative estimate of drug-likeness (QED) is 0.430. The molecular formula is C16H18N2O8. The number of carbonyl (C=O) groups excluding carboxylic acids is 3. The third-order valence-electron chi connectivity index (χ3n) is 3.06. The first-order valence-electron chi connectivity index (χ1n) is 7.68. The standard InChI is InChI=1S/C16H18N2O8/c1-3-22-16(21)17-14(19)7-23-15(20)8-26-18-10(2)11-4-5-12-13(6-11)25-9-24-12/h4-6H,3,7-9H2,1-2H3,(H,17,19,21)/b18-10-. The number of hydrogen-bond acceptors (Lipinski definition) is 9. The molecule has 0 aromatic heterocycles. The van der Waals surface area contributed by atoms with E-state index in [1.165, 1.54) is 0 Å². The Balaban J connectivity index is 1.72. The van der Waals surface area contributed by atoms with Gasteiger partial charge in [0.1, 0.15) is 0 Å². The minimum atomic E-state index is -0.909. The Bertz CT molecular complexity index is 716. The van der Waals surface area contributed by atoms with Crippen LogP contribution in [0.2, 0.25) is 0 Å². The topological polar surface area (TPSA) is 122 Å². The first-order valence-corrected chi connectivity index (χ1v) is 7.68. The molecule has 2 amide bonds. The van der Waals surface area contributed by atoms with Gasteiger partial charge in [-0.3, -0.25) is 10.1 Å². The second-order valence-corrected chi connectivity index (χ2v) is 4.95. The Morgan fingerprint density at radius 2 is 1.92 bits per heavy atom. The number of carbonyl (C=O) groups is 3. The molecule has 10 heteroatoms. The fourth-order valence-corrected chi connectivity index (χ4v) is 1.86. The van der Waals surface area contributed by atoms with Crippen molar-refractivity contribution < 1.29 is 38.2 Å². The van der Waals surface area contributed by atoms with Crippen LogP contribution in [0.15, 0.2) is 23.4 Å². The summed E-state index contributed by atoms with van der Waals surface area (Å²) < 4.78 is 19.6. The maximum absolute atomic E-state index is 11.5. The maximum atomic E-state index is 11.5. The maximum Gasteiger partial charge on any atom is 0.413 e. The molecule has 140 valence electrons. The zero-order chi connectivity index (χ0) is 18.9. The molecule has 2 rings (SSSR count). The van der Waals surface area contributed by atoms with Crippen molar-refractivity contribution in [1.29, 1.82) is 0 Å². The number of imide groups is 1. The highest BCUT2D eigenvalue weighted by Crippen LogP contribution is 2.32. The number of oxime groups is 1. The van der Waals surface area contributed by atoms with Crippen molar-refractivity contribution in [3.05, 3.63) is 23.8 Å². The summed E-state index contributed by atoms with van der Waals surface area (Å²) in [5.74, 6) is -0.376. The van der Waals surface area contributed by atoms with Gasteiger partial charge in [0.25, 0.3) is 5.91 Å². The monoisotopic (exact) mass is 366 g/mol. The van der Waals surface area contributed by atoms with Gasteiger partial charge in [-0.1, -0.05) is 5.16 Å². The number of hydrogen-bond donors (Lipinski definition) is 1. The minimum Gasteiger partial charge on any atom is -0.454 e. The molecule has 0 unspecified atom stereocenters. The van der Waals surface area contributed by atoms with Crippen LogP contribution >= 0.6 is 0 Å². The molecule has 1 aromatic carbocycles. The van der Waals surface area contributed by atoms with Crippen LogP contribution in [0.25, 0.3) is 0 Å².